The van der Waals surface area contributed by atoms with Gasteiger partial charge >= 0.3 is 0 Å². The first kappa shape index (κ1) is 46.0. The van der Waals surface area contributed by atoms with Crippen LogP contribution in [-0.2, 0) is 25.7 Å². The zero-order chi connectivity index (χ0) is 41.0. The number of ether oxygens (including phenoxy) is 4. The van der Waals surface area contributed by atoms with E-state index in [4.69, 9.17) is 18.9 Å². The van der Waals surface area contributed by atoms with Gasteiger partial charge in [-0.2, -0.15) is 0 Å². The van der Waals surface area contributed by atoms with Crippen LogP contribution in [-0.4, -0.2) is 75.3 Å². The lowest BCUT2D eigenvalue weighted by Crippen LogP contribution is -2.24. The van der Waals surface area contributed by atoms with E-state index in [2.05, 4.69) is 0 Å². The second-order valence-electron chi connectivity index (χ2n) is 13.8. The van der Waals surface area contributed by atoms with E-state index < -0.39 is 23.3 Å². The van der Waals surface area contributed by atoms with Gasteiger partial charge in [-0.25, -0.2) is 17.6 Å². The Labute approximate surface area is 327 Å². The molecule has 0 aliphatic heterocycles. The Morgan fingerprint density at radius 2 is 0.661 bits per heavy atom. The van der Waals surface area contributed by atoms with Crippen molar-refractivity contribution in [3.8, 4) is 23.0 Å². The normalized spacial score (nSPS) is 13.2. The molecular weight excluding hydrogens is 732 g/mol. The predicted octanol–water partition coefficient (Wildman–Crippen LogP) is 7.53. The Kier molecular flexibility index (Phi) is 20.0. The molecule has 0 saturated carbocycles. The lowest BCUT2D eigenvalue weighted by Gasteiger charge is -2.26. The van der Waals surface area contributed by atoms with E-state index in [0.29, 0.717) is 51.4 Å². The van der Waals surface area contributed by atoms with E-state index in [1.165, 1.54) is 52.7 Å². The van der Waals surface area contributed by atoms with Crippen molar-refractivity contribution < 1.29 is 56.9 Å². The first-order chi connectivity index (χ1) is 27.0. The van der Waals surface area contributed by atoms with Gasteiger partial charge in [0.05, 0.1) is 28.4 Å². The van der Waals surface area contributed by atoms with Crippen molar-refractivity contribution in [3.63, 3.8) is 0 Å². The Hall–Kier alpha value is -4.36. The van der Waals surface area contributed by atoms with Gasteiger partial charge in [0.2, 0.25) is 0 Å². The summed E-state index contributed by atoms with van der Waals surface area (Å²) in [6.45, 7) is 0.0275. The lowest BCUT2D eigenvalue weighted by atomic mass is 9.80. The maximum atomic E-state index is 13.7. The van der Waals surface area contributed by atoms with Crippen LogP contribution in [0.4, 0.5) is 17.6 Å². The highest BCUT2D eigenvalue weighted by Gasteiger charge is 2.24. The van der Waals surface area contributed by atoms with Crippen LogP contribution in [0, 0.1) is 46.9 Å². The predicted molar refractivity (Wildman–Crippen MR) is 207 cm³/mol. The van der Waals surface area contributed by atoms with Crippen molar-refractivity contribution in [2.75, 3.05) is 54.9 Å². The molecule has 0 spiro atoms. The topological polar surface area (TPSA) is 118 Å². The number of aliphatic hydroxyl groups excluding tert-OH is 4. The SMILES string of the molecule is COc1cc(C[C@@H](CO)[C@H](CCCO)Cc2ccc(F)c(OC)c2)ccc1F.COc1cc(C[C@H](CO)[C@@H](CCCO)Cc2ccc(F)c(OC)c2)ccc1F. The fourth-order valence-corrected chi connectivity index (χ4v) is 7.01. The largest absolute Gasteiger partial charge is 0.494 e. The van der Waals surface area contributed by atoms with Crippen molar-refractivity contribution in [2.24, 2.45) is 23.7 Å². The summed E-state index contributed by atoms with van der Waals surface area (Å²) in [5.74, 6) is -1.07. The molecule has 0 bridgehead atoms. The molecule has 0 aromatic heterocycles. The molecule has 0 heterocycles. The second-order valence-corrected chi connectivity index (χ2v) is 13.8. The summed E-state index contributed by atoms with van der Waals surface area (Å²) < 4.78 is 74.9. The minimum atomic E-state index is -0.429. The van der Waals surface area contributed by atoms with Crippen LogP contribution in [0.5, 0.6) is 23.0 Å². The molecule has 4 rings (SSSR count). The number of hydrogen-bond donors (Lipinski definition) is 4. The van der Waals surface area contributed by atoms with Crippen LogP contribution >= 0.6 is 0 Å². The molecule has 0 fully saturated rings. The van der Waals surface area contributed by atoms with Gasteiger partial charge in [0.15, 0.2) is 46.3 Å². The molecule has 8 nitrogen and oxygen atoms in total. The number of methoxy groups -OCH3 is 4. The van der Waals surface area contributed by atoms with Crippen molar-refractivity contribution in [3.05, 3.63) is 118 Å². The third-order valence-corrected chi connectivity index (χ3v) is 10.1. The summed E-state index contributed by atoms with van der Waals surface area (Å²) >= 11 is 0. The summed E-state index contributed by atoms with van der Waals surface area (Å²) in [6, 6.07) is 18.9. The molecule has 4 atom stereocenters. The maximum Gasteiger partial charge on any atom is 0.165 e. The summed E-state index contributed by atoms with van der Waals surface area (Å²) in [5, 5.41) is 38.5. The van der Waals surface area contributed by atoms with Gasteiger partial charge in [-0.3, -0.25) is 0 Å². The van der Waals surface area contributed by atoms with Gasteiger partial charge in [0.1, 0.15) is 0 Å². The monoisotopic (exact) mass is 788 g/mol. The summed E-state index contributed by atoms with van der Waals surface area (Å²) in [5.41, 5.74) is 3.53. The Morgan fingerprint density at radius 1 is 0.411 bits per heavy atom. The molecule has 0 aliphatic rings. The molecular formula is C44H56F4O8. The number of benzene rings is 4. The summed E-state index contributed by atoms with van der Waals surface area (Å²) in [7, 11) is 5.67. The van der Waals surface area contributed by atoms with Crippen LogP contribution in [0.15, 0.2) is 72.8 Å². The van der Waals surface area contributed by atoms with Gasteiger partial charge in [-0.15, -0.1) is 0 Å². The summed E-state index contributed by atoms with van der Waals surface area (Å²) in [6.07, 6.45) is 4.93. The molecule has 0 radical (unpaired) electrons. The highest BCUT2D eigenvalue weighted by Crippen LogP contribution is 2.31. The van der Waals surface area contributed by atoms with Gasteiger partial charge in [-0.05, 0) is 146 Å². The van der Waals surface area contributed by atoms with Crippen LogP contribution in [0.25, 0.3) is 0 Å². The van der Waals surface area contributed by atoms with Gasteiger partial charge in [0, 0.05) is 26.4 Å². The first-order valence-electron chi connectivity index (χ1n) is 18.8. The zero-order valence-corrected chi connectivity index (χ0v) is 32.7. The van der Waals surface area contributed by atoms with Crippen LogP contribution in [0.2, 0.25) is 0 Å². The number of hydrogen-bond acceptors (Lipinski definition) is 8. The molecule has 56 heavy (non-hydrogen) atoms. The third-order valence-electron chi connectivity index (χ3n) is 10.1. The van der Waals surface area contributed by atoms with Crippen LogP contribution < -0.4 is 18.9 Å². The highest BCUT2D eigenvalue weighted by atomic mass is 19.1. The molecule has 12 heteroatoms. The smallest absolute Gasteiger partial charge is 0.165 e. The zero-order valence-electron chi connectivity index (χ0n) is 32.7. The second kappa shape index (κ2) is 24.3. The fraction of sp³-hybridized carbons (Fsp3) is 0.455. The van der Waals surface area contributed by atoms with Crippen molar-refractivity contribution in [2.45, 2.75) is 51.4 Å². The van der Waals surface area contributed by atoms with Crippen molar-refractivity contribution in [1.29, 1.82) is 0 Å². The van der Waals surface area contributed by atoms with Crippen molar-refractivity contribution in [1.82, 2.24) is 0 Å². The van der Waals surface area contributed by atoms with E-state index in [-0.39, 0.29) is 73.1 Å². The molecule has 0 saturated heterocycles. The Balaban J connectivity index is 0.000000300. The van der Waals surface area contributed by atoms with Crippen LogP contribution in [0.3, 0.4) is 0 Å². The van der Waals surface area contributed by atoms with E-state index in [0.717, 1.165) is 22.3 Å². The standard InChI is InChI=1S/2C22H28F2O4/c2*1-27-21-12-15(5-7-19(21)23)10-17(4-3-9-25)18(14-26)11-16-6-8-20(24)22(13-16)28-2/h2*5-8,12-13,17-18,25-26H,3-4,9-11,14H2,1-2H3/t2*17-,18+/m10/s1. The first-order valence-corrected chi connectivity index (χ1v) is 18.8. The Bertz CT molecular complexity index is 1630. The quantitative estimate of drug-likeness (QED) is 0.0605. The van der Waals surface area contributed by atoms with Gasteiger partial charge in [0.25, 0.3) is 0 Å². The van der Waals surface area contributed by atoms with Crippen molar-refractivity contribution >= 4 is 0 Å². The van der Waals surface area contributed by atoms with Crippen LogP contribution in [0.1, 0.15) is 47.9 Å². The van der Waals surface area contributed by atoms with E-state index in [1.54, 1.807) is 48.5 Å². The average molecular weight is 789 g/mol. The molecule has 0 amide bonds. The fourth-order valence-electron chi connectivity index (χ4n) is 7.01. The van der Waals surface area contributed by atoms with E-state index in [9.17, 15) is 38.0 Å². The average Bonchev–Trinajstić information content (AvgIpc) is 3.21. The van der Waals surface area contributed by atoms with E-state index >= 15 is 0 Å². The molecule has 4 aromatic rings. The minimum Gasteiger partial charge on any atom is -0.494 e. The lowest BCUT2D eigenvalue weighted by molar-refractivity contribution is 0.158. The summed E-state index contributed by atoms with van der Waals surface area (Å²) in [4.78, 5) is 0. The molecule has 0 aliphatic carbocycles. The highest BCUT2D eigenvalue weighted by molar-refractivity contribution is 5.33. The minimum absolute atomic E-state index is 0.0475. The molecule has 4 N–H and O–H groups in total. The molecule has 0 unspecified atom stereocenters. The van der Waals surface area contributed by atoms with E-state index in [1.807, 2.05) is 0 Å². The maximum absolute atomic E-state index is 13.7. The van der Waals surface area contributed by atoms with Gasteiger partial charge in [-0.1, -0.05) is 24.3 Å². The third kappa shape index (κ3) is 14.0. The number of rotatable bonds is 22. The number of halogens is 4. The number of aliphatic hydroxyl groups is 4. The Morgan fingerprint density at radius 3 is 0.875 bits per heavy atom. The molecule has 308 valence electrons. The molecule has 4 aromatic carbocycles. The van der Waals surface area contributed by atoms with Gasteiger partial charge < -0.3 is 39.4 Å².